The van der Waals surface area contributed by atoms with Crippen LogP contribution in [0.2, 0.25) is 0 Å². The van der Waals surface area contributed by atoms with Gasteiger partial charge in [0.15, 0.2) is 9.84 Å². The molecule has 2 aliphatic rings. The van der Waals surface area contributed by atoms with Crippen LogP contribution in [0, 0.1) is 6.92 Å². The van der Waals surface area contributed by atoms with Gasteiger partial charge < -0.3 is 14.5 Å². The fourth-order valence-corrected chi connectivity index (χ4v) is 7.42. The molecule has 0 N–H and O–H groups in total. The fraction of sp³-hybridized carbons (Fsp3) is 0.593. The molecule has 10 heteroatoms. The number of sulfone groups is 1. The Kier molecular flexibility index (Phi) is 7.97. The maximum Gasteiger partial charge on any atom is 0.226 e. The normalized spacial score (nSPS) is 17.4. The maximum absolute atomic E-state index is 12.1. The molecule has 0 bridgehead atoms. The number of pyridine rings is 1. The number of nitrogens with zero attached hydrogens (tertiary/aromatic N) is 5. The number of thiophene rings is 1. The number of anilines is 1. The first-order valence-corrected chi connectivity index (χ1v) is 16.2. The Balaban J connectivity index is 1.60. The number of ether oxygens (including phenoxy) is 1. The number of hydrogen-bond acceptors (Lipinski definition) is 9. The van der Waals surface area contributed by atoms with E-state index in [1.165, 1.54) is 62.6 Å². The first kappa shape index (κ1) is 26.3. The molecule has 5 heterocycles. The summed E-state index contributed by atoms with van der Waals surface area (Å²) in [5.74, 6) is 0.967. The molecule has 3 aromatic rings. The first-order valence-electron chi connectivity index (χ1n) is 13.3. The van der Waals surface area contributed by atoms with E-state index in [1.807, 2.05) is 6.07 Å². The summed E-state index contributed by atoms with van der Waals surface area (Å²) in [6.45, 7) is 7.51. The third kappa shape index (κ3) is 6.07. The minimum atomic E-state index is -3.26. The van der Waals surface area contributed by atoms with E-state index in [4.69, 9.17) is 14.7 Å². The van der Waals surface area contributed by atoms with Crippen molar-refractivity contribution in [2.75, 3.05) is 51.0 Å². The number of aromatic nitrogens is 3. The van der Waals surface area contributed by atoms with Crippen molar-refractivity contribution in [2.45, 2.75) is 57.6 Å². The molecule has 2 aliphatic heterocycles. The Morgan fingerprint density at radius 1 is 1.03 bits per heavy atom. The van der Waals surface area contributed by atoms with Crippen LogP contribution in [-0.2, 0) is 22.0 Å². The number of piperidine rings is 2. The van der Waals surface area contributed by atoms with E-state index in [2.05, 4.69) is 21.7 Å². The molecule has 0 amide bonds. The molecular formula is C27H37N5O3S2. The zero-order valence-corrected chi connectivity index (χ0v) is 23.8. The third-order valence-electron chi connectivity index (χ3n) is 7.40. The topological polar surface area (TPSA) is 88.5 Å². The second-order valence-corrected chi connectivity index (χ2v) is 13.7. The van der Waals surface area contributed by atoms with Gasteiger partial charge in [0.2, 0.25) is 11.8 Å². The molecule has 0 atom stereocenters. The highest BCUT2D eigenvalue weighted by atomic mass is 32.2. The van der Waals surface area contributed by atoms with Crippen LogP contribution in [0.1, 0.15) is 54.5 Å². The smallest absolute Gasteiger partial charge is 0.226 e. The van der Waals surface area contributed by atoms with E-state index in [-0.39, 0.29) is 5.75 Å². The summed E-state index contributed by atoms with van der Waals surface area (Å²) in [5, 5.41) is 0. The molecule has 200 valence electrons. The van der Waals surface area contributed by atoms with Crippen LogP contribution >= 0.6 is 11.3 Å². The number of fused-ring (bicyclic) bond motifs is 1. The van der Waals surface area contributed by atoms with Gasteiger partial charge in [-0.25, -0.2) is 23.4 Å². The van der Waals surface area contributed by atoms with Crippen molar-refractivity contribution in [3.8, 4) is 17.1 Å². The number of methoxy groups -OCH3 is 1. The Morgan fingerprint density at radius 2 is 1.73 bits per heavy atom. The Hall–Kier alpha value is -2.30. The molecule has 8 nitrogen and oxygen atoms in total. The minimum absolute atomic E-state index is 0.130. The fourth-order valence-electron chi connectivity index (χ4n) is 5.50. The lowest BCUT2D eigenvalue weighted by molar-refractivity contribution is 0.231. The van der Waals surface area contributed by atoms with Gasteiger partial charge in [-0.05, 0) is 70.2 Å². The lowest BCUT2D eigenvalue weighted by Gasteiger charge is -2.27. The molecule has 0 aromatic carbocycles. The third-order valence-corrected chi connectivity index (χ3v) is 9.37. The summed E-state index contributed by atoms with van der Waals surface area (Å²) >= 11 is 1.73. The van der Waals surface area contributed by atoms with Gasteiger partial charge >= 0.3 is 0 Å². The zero-order chi connectivity index (χ0) is 26.0. The van der Waals surface area contributed by atoms with Crippen molar-refractivity contribution in [1.29, 1.82) is 0 Å². The van der Waals surface area contributed by atoms with E-state index in [0.717, 1.165) is 66.3 Å². The van der Waals surface area contributed by atoms with Gasteiger partial charge in [-0.1, -0.05) is 6.42 Å². The molecule has 0 aliphatic carbocycles. The standard InChI is InChI=1S/C27H37N5O3S2/c1-19-22(10-15-31-11-6-4-7-12-31)24-25(36-19)23(29-27(30-24)32-13-8-5-9-14-32)20-16-21(18-37(3,33)34)26(35-2)28-17-20/h16-17H,4-15,18H2,1-3H3. The van der Waals surface area contributed by atoms with Crippen LogP contribution in [0.5, 0.6) is 5.88 Å². The molecular weight excluding hydrogens is 506 g/mol. The lowest BCUT2D eigenvalue weighted by atomic mass is 10.1. The second kappa shape index (κ2) is 11.2. The monoisotopic (exact) mass is 543 g/mol. The van der Waals surface area contributed by atoms with Gasteiger partial charge in [-0.2, -0.15) is 0 Å². The van der Waals surface area contributed by atoms with E-state index in [1.54, 1.807) is 17.5 Å². The molecule has 37 heavy (non-hydrogen) atoms. The molecule has 0 saturated carbocycles. The molecule has 2 fully saturated rings. The molecule has 3 aromatic heterocycles. The molecule has 5 rings (SSSR count). The van der Waals surface area contributed by atoms with Gasteiger partial charge in [0.05, 0.1) is 28.8 Å². The summed E-state index contributed by atoms with van der Waals surface area (Å²) in [6, 6.07) is 1.87. The SMILES string of the molecule is COc1ncc(-c2nc(N3CCCCC3)nc3c(CCN4CCCCC4)c(C)sc23)cc1CS(C)(=O)=O. The van der Waals surface area contributed by atoms with Crippen LogP contribution in [0.25, 0.3) is 21.5 Å². The number of rotatable bonds is 8. The number of likely N-dealkylation sites (tertiary alicyclic amines) is 1. The van der Waals surface area contributed by atoms with Gasteiger partial charge in [-0.15, -0.1) is 11.3 Å². The van der Waals surface area contributed by atoms with Crippen molar-refractivity contribution in [3.05, 3.63) is 28.3 Å². The van der Waals surface area contributed by atoms with Crippen LogP contribution in [-0.4, -0.2) is 74.4 Å². The van der Waals surface area contributed by atoms with Crippen LogP contribution < -0.4 is 9.64 Å². The largest absolute Gasteiger partial charge is 0.481 e. The Morgan fingerprint density at radius 3 is 2.41 bits per heavy atom. The van der Waals surface area contributed by atoms with E-state index >= 15 is 0 Å². The molecule has 0 unspecified atom stereocenters. The summed E-state index contributed by atoms with van der Waals surface area (Å²) in [6.07, 6.45) is 11.4. The average molecular weight is 544 g/mol. The highest BCUT2D eigenvalue weighted by molar-refractivity contribution is 7.89. The minimum Gasteiger partial charge on any atom is -0.481 e. The Labute approximate surface area is 224 Å². The van der Waals surface area contributed by atoms with Gasteiger partial charge in [0.1, 0.15) is 0 Å². The van der Waals surface area contributed by atoms with Crippen molar-refractivity contribution in [3.63, 3.8) is 0 Å². The summed E-state index contributed by atoms with van der Waals surface area (Å²) in [7, 11) is -1.74. The van der Waals surface area contributed by atoms with Crippen LogP contribution in [0.3, 0.4) is 0 Å². The van der Waals surface area contributed by atoms with Gasteiger partial charge in [-0.3, -0.25) is 0 Å². The highest BCUT2D eigenvalue weighted by Gasteiger charge is 2.23. The van der Waals surface area contributed by atoms with Crippen molar-refractivity contribution in [2.24, 2.45) is 0 Å². The summed E-state index contributed by atoms with van der Waals surface area (Å²) in [5.41, 5.74) is 4.52. The summed E-state index contributed by atoms with van der Waals surface area (Å²) < 4.78 is 30.7. The quantitative estimate of drug-likeness (QED) is 0.406. The molecule has 0 radical (unpaired) electrons. The number of aryl methyl sites for hydroxylation is 1. The van der Waals surface area contributed by atoms with Crippen molar-refractivity contribution in [1.82, 2.24) is 19.9 Å². The highest BCUT2D eigenvalue weighted by Crippen LogP contribution is 2.39. The van der Waals surface area contributed by atoms with Gasteiger partial charge in [0, 0.05) is 48.1 Å². The average Bonchev–Trinajstić information content (AvgIpc) is 3.21. The maximum atomic E-state index is 12.1. The van der Waals surface area contributed by atoms with Crippen LogP contribution in [0.4, 0.5) is 5.95 Å². The zero-order valence-electron chi connectivity index (χ0n) is 22.1. The molecule has 2 saturated heterocycles. The van der Waals surface area contributed by atoms with Crippen molar-refractivity contribution >= 4 is 37.3 Å². The van der Waals surface area contributed by atoms with Crippen LogP contribution in [0.15, 0.2) is 12.3 Å². The lowest BCUT2D eigenvalue weighted by Crippen LogP contribution is -2.31. The van der Waals surface area contributed by atoms with Crippen molar-refractivity contribution < 1.29 is 13.2 Å². The Bertz CT molecular complexity index is 1360. The first-order chi connectivity index (χ1) is 17.8. The number of hydrogen-bond donors (Lipinski definition) is 0. The predicted octanol–water partition coefficient (Wildman–Crippen LogP) is 4.63. The molecule has 0 spiro atoms. The van der Waals surface area contributed by atoms with E-state index in [9.17, 15) is 8.42 Å². The second-order valence-electron chi connectivity index (χ2n) is 10.3. The van der Waals surface area contributed by atoms with E-state index in [0.29, 0.717) is 11.4 Å². The van der Waals surface area contributed by atoms with E-state index < -0.39 is 9.84 Å². The van der Waals surface area contributed by atoms with Gasteiger partial charge in [0.25, 0.3) is 0 Å². The summed E-state index contributed by atoms with van der Waals surface area (Å²) in [4.78, 5) is 20.8. The predicted molar refractivity (Wildman–Crippen MR) is 151 cm³/mol.